The number of aromatic nitrogens is 6. The van der Waals surface area contributed by atoms with Gasteiger partial charge in [-0.25, -0.2) is 9.36 Å². The van der Waals surface area contributed by atoms with E-state index in [0.717, 1.165) is 27.4 Å². The molecule has 0 spiro atoms. The van der Waals surface area contributed by atoms with Gasteiger partial charge in [0.05, 0.1) is 12.6 Å². The highest BCUT2D eigenvalue weighted by Gasteiger charge is 2.30. The highest BCUT2D eigenvalue weighted by Crippen LogP contribution is 2.33. The molecule has 0 N–H and O–H groups in total. The second-order valence-electron chi connectivity index (χ2n) is 15.3. The Bertz CT molecular complexity index is 3080. The molecule has 0 aliphatic rings. The predicted octanol–water partition coefficient (Wildman–Crippen LogP) is 7.78. The topological polar surface area (TPSA) is 129 Å². The lowest BCUT2D eigenvalue weighted by atomic mass is 10.1. The van der Waals surface area contributed by atoms with Crippen molar-refractivity contribution < 1.29 is 14.3 Å². The molecular weight excluding hydrogens is 757 g/mol. The van der Waals surface area contributed by atoms with Crippen LogP contribution < -0.4 is 25.7 Å². The number of rotatable bonds is 12. The highest BCUT2D eigenvalue weighted by molar-refractivity contribution is 6.21. The fraction of sp³-hybridized carbons (Fsp3) is 0.277. The summed E-state index contributed by atoms with van der Waals surface area (Å²) in [6, 6.07) is 30.1. The maximum absolute atomic E-state index is 15.0. The molecule has 0 aliphatic carbocycles. The van der Waals surface area contributed by atoms with E-state index in [1.165, 1.54) is 9.36 Å². The number of hydrogen-bond acceptors (Lipinski definition) is 7. The summed E-state index contributed by atoms with van der Waals surface area (Å²) in [5, 5.41) is 11.9. The van der Waals surface area contributed by atoms with E-state index in [2.05, 4.69) is 5.10 Å². The van der Waals surface area contributed by atoms with Crippen molar-refractivity contribution in [3.8, 4) is 5.75 Å². The molecule has 0 saturated heterocycles. The van der Waals surface area contributed by atoms with Crippen LogP contribution in [0.2, 0.25) is 0 Å². The fourth-order valence-electron chi connectivity index (χ4n) is 8.36. The van der Waals surface area contributed by atoms with E-state index in [0.29, 0.717) is 65.0 Å². The van der Waals surface area contributed by atoms with Gasteiger partial charge in [-0.3, -0.25) is 19.2 Å². The molecule has 8 rings (SSSR count). The molecule has 4 aromatic carbocycles. The van der Waals surface area contributed by atoms with Crippen molar-refractivity contribution >= 4 is 66.8 Å². The third kappa shape index (κ3) is 6.69. The summed E-state index contributed by atoms with van der Waals surface area (Å²) in [4.78, 5) is 61.1. The van der Waals surface area contributed by atoms with E-state index >= 15 is 0 Å². The second-order valence-corrected chi connectivity index (χ2v) is 15.3. The Morgan fingerprint density at radius 3 is 2.02 bits per heavy atom. The smallest absolute Gasteiger partial charge is 0.291 e. The first-order chi connectivity index (χ1) is 28.9. The number of carbonyl (C=O) groups excluding carboxylic acids is 2. The zero-order valence-electron chi connectivity index (χ0n) is 35.0. The van der Waals surface area contributed by atoms with Gasteiger partial charge in [-0.05, 0) is 95.1 Å². The number of anilines is 2. The van der Waals surface area contributed by atoms with Gasteiger partial charge in [-0.2, -0.15) is 10.2 Å². The quantitative estimate of drug-likeness (QED) is 0.123. The Kier molecular flexibility index (Phi) is 10.6. The maximum Gasteiger partial charge on any atom is 0.291 e. The van der Waals surface area contributed by atoms with Crippen molar-refractivity contribution in [3.63, 3.8) is 0 Å². The molecule has 0 radical (unpaired) electrons. The summed E-state index contributed by atoms with van der Waals surface area (Å²) in [6.45, 7) is 11.0. The Morgan fingerprint density at radius 1 is 0.717 bits per heavy atom. The summed E-state index contributed by atoms with van der Waals surface area (Å²) in [6.07, 6.45) is 0.428. The van der Waals surface area contributed by atoms with Crippen molar-refractivity contribution in [2.75, 3.05) is 29.5 Å². The van der Waals surface area contributed by atoms with Crippen LogP contribution in [0.5, 0.6) is 5.75 Å². The molecule has 60 heavy (non-hydrogen) atoms. The van der Waals surface area contributed by atoms with Gasteiger partial charge in [0.25, 0.3) is 22.9 Å². The van der Waals surface area contributed by atoms with Gasteiger partial charge in [0.1, 0.15) is 16.8 Å². The van der Waals surface area contributed by atoms with Gasteiger partial charge < -0.3 is 23.7 Å². The number of amides is 2. The average molecular weight is 805 g/mol. The Morgan fingerprint density at radius 2 is 1.35 bits per heavy atom. The molecule has 0 saturated carbocycles. The Balaban J connectivity index is 1.23. The standard InChI is InChI=1S/C47H48N8O5/c1-8-52(31-22-24-33(25-23-31)60-9-2)44(56)41-39-35-19-11-13-21-37(35)54(43(39)47(59)55(49-41)29(3)4)27-15-26-53(32-17-14-16-30(5)28-32)45(57)40-38-34-18-10-12-20-36(34)50(6)42(38)46(58)51(7)48-40/h10-14,16-25,28-29H,8-9,15,26-27H2,1-7H3. The van der Waals surface area contributed by atoms with Crippen LogP contribution in [0.15, 0.2) is 107 Å². The number of aryl methyl sites for hydroxylation is 4. The number of carbonyl (C=O) groups is 2. The molecule has 0 bridgehead atoms. The van der Waals surface area contributed by atoms with Gasteiger partial charge in [0.15, 0.2) is 11.4 Å². The van der Waals surface area contributed by atoms with Crippen LogP contribution in [0.3, 0.4) is 0 Å². The molecule has 306 valence electrons. The van der Waals surface area contributed by atoms with Crippen LogP contribution in [0.1, 0.15) is 66.7 Å². The van der Waals surface area contributed by atoms with Crippen molar-refractivity contribution in [2.45, 2.75) is 53.6 Å². The lowest BCUT2D eigenvalue weighted by Gasteiger charge is -2.24. The lowest BCUT2D eigenvalue weighted by molar-refractivity contribution is 0.0974. The first-order valence-corrected chi connectivity index (χ1v) is 20.4. The molecule has 13 nitrogen and oxygen atoms in total. The molecule has 0 fully saturated rings. The predicted molar refractivity (Wildman–Crippen MR) is 238 cm³/mol. The van der Waals surface area contributed by atoms with Crippen LogP contribution in [0.25, 0.3) is 43.6 Å². The average Bonchev–Trinajstić information content (AvgIpc) is 3.74. The van der Waals surface area contributed by atoms with Gasteiger partial charge >= 0.3 is 0 Å². The fourth-order valence-corrected chi connectivity index (χ4v) is 8.36. The summed E-state index contributed by atoms with van der Waals surface area (Å²) in [5.74, 6) is 0.0227. The largest absolute Gasteiger partial charge is 0.494 e. The highest BCUT2D eigenvalue weighted by atomic mass is 16.5. The minimum absolute atomic E-state index is 0.171. The monoisotopic (exact) mass is 804 g/mol. The van der Waals surface area contributed by atoms with E-state index < -0.39 is 0 Å². The van der Waals surface area contributed by atoms with E-state index in [1.54, 1.807) is 16.8 Å². The van der Waals surface area contributed by atoms with Crippen LogP contribution in [0, 0.1) is 6.92 Å². The zero-order chi connectivity index (χ0) is 42.4. The molecule has 0 unspecified atom stereocenters. The molecule has 8 aromatic rings. The third-order valence-corrected chi connectivity index (χ3v) is 11.2. The zero-order valence-corrected chi connectivity index (χ0v) is 35.0. The number of fused-ring (bicyclic) bond motifs is 6. The summed E-state index contributed by atoms with van der Waals surface area (Å²) < 4.78 is 12.0. The van der Waals surface area contributed by atoms with Crippen molar-refractivity contribution in [1.82, 2.24) is 28.7 Å². The van der Waals surface area contributed by atoms with E-state index in [1.807, 2.05) is 148 Å². The summed E-state index contributed by atoms with van der Waals surface area (Å²) in [5.41, 5.74) is 4.45. The van der Waals surface area contributed by atoms with Crippen molar-refractivity contribution in [3.05, 3.63) is 135 Å². The molecular formula is C47H48N8O5. The molecule has 0 atom stereocenters. The lowest BCUT2D eigenvalue weighted by Crippen LogP contribution is -2.36. The third-order valence-electron chi connectivity index (χ3n) is 11.2. The van der Waals surface area contributed by atoms with E-state index in [4.69, 9.17) is 9.84 Å². The number of benzene rings is 4. The minimum atomic E-state index is -0.354. The maximum atomic E-state index is 15.0. The number of nitrogens with zero attached hydrogens (tertiary/aromatic N) is 8. The molecule has 2 amide bonds. The van der Waals surface area contributed by atoms with Gasteiger partial charge in [0, 0.05) is 77.7 Å². The number of ether oxygens (including phenoxy) is 1. The SMILES string of the molecule is CCOc1ccc(N(CC)C(=O)c2nn(C(C)C)c(=O)c3c2c2ccccc2n3CCCN(C(=O)c2nn(C)c(=O)c3c2c2ccccc2n3C)c2cccc(C)c2)cc1. The van der Waals surface area contributed by atoms with Gasteiger partial charge in [-0.1, -0.05) is 48.5 Å². The van der Waals surface area contributed by atoms with Crippen LogP contribution in [0.4, 0.5) is 11.4 Å². The van der Waals surface area contributed by atoms with Gasteiger partial charge in [0.2, 0.25) is 0 Å². The van der Waals surface area contributed by atoms with Crippen LogP contribution >= 0.6 is 0 Å². The van der Waals surface area contributed by atoms with Crippen LogP contribution in [-0.2, 0) is 20.6 Å². The number of para-hydroxylation sites is 2. The molecule has 0 aliphatic heterocycles. The molecule has 13 heteroatoms. The first kappa shape index (κ1) is 39.8. The Labute approximate surface area is 346 Å². The summed E-state index contributed by atoms with van der Waals surface area (Å²) >= 11 is 0. The van der Waals surface area contributed by atoms with Gasteiger partial charge in [-0.15, -0.1) is 0 Å². The first-order valence-electron chi connectivity index (χ1n) is 20.4. The van der Waals surface area contributed by atoms with E-state index in [-0.39, 0.29) is 46.9 Å². The minimum Gasteiger partial charge on any atom is -0.494 e. The summed E-state index contributed by atoms with van der Waals surface area (Å²) in [7, 11) is 3.39. The van der Waals surface area contributed by atoms with Crippen LogP contribution in [-0.4, -0.2) is 60.2 Å². The number of hydrogen-bond donors (Lipinski definition) is 0. The normalized spacial score (nSPS) is 11.7. The van der Waals surface area contributed by atoms with E-state index in [9.17, 15) is 19.2 Å². The van der Waals surface area contributed by atoms with Crippen molar-refractivity contribution in [1.29, 1.82) is 0 Å². The second kappa shape index (κ2) is 16.0. The molecule has 4 aromatic heterocycles. The van der Waals surface area contributed by atoms with Crippen molar-refractivity contribution in [2.24, 2.45) is 14.1 Å². The molecule has 4 heterocycles. The Hall–Kier alpha value is -7.02.